The van der Waals surface area contributed by atoms with Crippen LogP contribution in [0.5, 0.6) is 0 Å². The van der Waals surface area contributed by atoms with E-state index in [1.807, 2.05) is 6.07 Å². The first-order valence-corrected chi connectivity index (χ1v) is 6.86. The molecule has 106 valence electrons. The minimum atomic E-state index is 0.0595. The van der Waals surface area contributed by atoms with Gasteiger partial charge >= 0.3 is 0 Å². The first-order chi connectivity index (χ1) is 9.20. The Kier molecular flexibility index (Phi) is 5.13. The van der Waals surface area contributed by atoms with Crippen LogP contribution in [-0.4, -0.2) is 73.3 Å². The van der Waals surface area contributed by atoms with Crippen molar-refractivity contribution in [3.8, 4) is 0 Å². The van der Waals surface area contributed by atoms with Crippen molar-refractivity contribution in [1.82, 2.24) is 14.8 Å². The Labute approximate surface area is 115 Å². The van der Waals surface area contributed by atoms with Crippen molar-refractivity contribution in [3.63, 3.8) is 0 Å². The van der Waals surface area contributed by atoms with Gasteiger partial charge in [-0.05, 0) is 20.2 Å². The van der Waals surface area contributed by atoms with Gasteiger partial charge in [0.1, 0.15) is 0 Å². The Morgan fingerprint density at radius 3 is 2.63 bits per heavy atom. The summed E-state index contributed by atoms with van der Waals surface area (Å²) in [6, 6.07) is 2.00. The summed E-state index contributed by atoms with van der Waals surface area (Å²) in [7, 11) is 4.22. The fourth-order valence-electron chi connectivity index (χ4n) is 2.40. The highest BCUT2D eigenvalue weighted by Gasteiger charge is 2.18. The Hall–Kier alpha value is -1.17. The molecule has 1 aliphatic heterocycles. The molecule has 0 atom stereocenters. The summed E-state index contributed by atoms with van der Waals surface area (Å²) in [6.45, 7) is 6.50. The predicted molar refractivity (Wildman–Crippen MR) is 77.4 cm³/mol. The van der Waals surface area contributed by atoms with Crippen LogP contribution < -0.4 is 4.90 Å². The van der Waals surface area contributed by atoms with E-state index >= 15 is 0 Å². The maximum atomic E-state index is 9.36. The summed E-state index contributed by atoms with van der Waals surface area (Å²) in [6.07, 6.45) is 3.56. The smallest absolute Gasteiger partial charge is 0.0717 e. The quantitative estimate of drug-likeness (QED) is 0.826. The maximum absolute atomic E-state index is 9.36. The number of aliphatic hydroxyl groups is 1. The van der Waals surface area contributed by atoms with Crippen molar-refractivity contribution in [2.45, 2.75) is 6.61 Å². The van der Waals surface area contributed by atoms with Crippen LogP contribution in [-0.2, 0) is 6.61 Å². The number of likely N-dealkylation sites (N-methyl/N-ethyl adjacent to an activating group) is 1. The van der Waals surface area contributed by atoms with E-state index in [2.05, 4.69) is 33.8 Å². The second kappa shape index (κ2) is 6.84. The van der Waals surface area contributed by atoms with Gasteiger partial charge in [-0.15, -0.1) is 0 Å². The summed E-state index contributed by atoms with van der Waals surface area (Å²) in [5.41, 5.74) is 2.05. The molecule has 0 spiro atoms. The van der Waals surface area contributed by atoms with Gasteiger partial charge in [0.15, 0.2) is 0 Å². The number of anilines is 1. The van der Waals surface area contributed by atoms with Gasteiger partial charge in [-0.25, -0.2) is 0 Å². The van der Waals surface area contributed by atoms with E-state index in [0.717, 1.165) is 50.5 Å². The third-order valence-electron chi connectivity index (χ3n) is 3.62. The number of rotatable bonds is 5. The van der Waals surface area contributed by atoms with Crippen LogP contribution in [0.1, 0.15) is 5.56 Å². The molecule has 0 radical (unpaired) electrons. The van der Waals surface area contributed by atoms with Gasteiger partial charge in [0.2, 0.25) is 0 Å². The molecule has 1 aromatic heterocycles. The molecule has 0 saturated carbocycles. The molecule has 1 aromatic rings. The Bertz CT molecular complexity index is 389. The number of hydrogen-bond acceptors (Lipinski definition) is 5. The molecule has 19 heavy (non-hydrogen) atoms. The third kappa shape index (κ3) is 3.89. The summed E-state index contributed by atoms with van der Waals surface area (Å²) < 4.78 is 0. The molecule has 1 saturated heterocycles. The SMILES string of the molecule is CN(C)CCN1CCN(c2ccncc2CO)CC1. The summed E-state index contributed by atoms with van der Waals surface area (Å²) >= 11 is 0. The zero-order valence-corrected chi connectivity index (χ0v) is 11.9. The molecule has 5 nitrogen and oxygen atoms in total. The second-order valence-corrected chi connectivity index (χ2v) is 5.29. The van der Waals surface area contributed by atoms with Crippen LogP contribution in [0.25, 0.3) is 0 Å². The minimum Gasteiger partial charge on any atom is -0.392 e. The van der Waals surface area contributed by atoms with Crippen LogP contribution in [0, 0.1) is 0 Å². The Morgan fingerprint density at radius 2 is 2.00 bits per heavy atom. The van der Waals surface area contributed by atoms with Gasteiger partial charge in [-0.2, -0.15) is 0 Å². The molecule has 0 amide bonds. The van der Waals surface area contributed by atoms with Crippen LogP contribution in [0.4, 0.5) is 5.69 Å². The zero-order valence-electron chi connectivity index (χ0n) is 11.9. The van der Waals surface area contributed by atoms with Crippen molar-refractivity contribution in [2.24, 2.45) is 0 Å². The highest BCUT2D eigenvalue weighted by molar-refractivity contribution is 5.52. The van der Waals surface area contributed by atoms with E-state index in [-0.39, 0.29) is 6.61 Å². The monoisotopic (exact) mass is 264 g/mol. The zero-order chi connectivity index (χ0) is 13.7. The van der Waals surface area contributed by atoms with E-state index in [4.69, 9.17) is 0 Å². The molecule has 1 aliphatic rings. The highest BCUT2D eigenvalue weighted by atomic mass is 16.3. The average Bonchev–Trinajstić information content (AvgIpc) is 2.45. The van der Waals surface area contributed by atoms with Crippen LogP contribution in [0.15, 0.2) is 18.5 Å². The molecule has 0 aliphatic carbocycles. The van der Waals surface area contributed by atoms with E-state index in [9.17, 15) is 5.11 Å². The summed E-state index contributed by atoms with van der Waals surface area (Å²) in [5.74, 6) is 0. The molecule has 2 rings (SSSR count). The number of pyridine rings is 1. The molecule has 0 bridgehead atoms. The molecule has 0 aromatic carbocycles. The molecule has 1 fully saturated rings. The number of piperazine rings is 1. The summed E-state index contributed by atoms with van der Waals surface area (Å²) in [4.78, 5) is 11.1. The topological polar surface area (TPSA) is 42.8 Å². The molecule has 1 N–H and O–H groups in total. The van der Waals surface area contributed by atoms with Gasteiger partial charge in [-0.3, -0.25) is 9.88 Å². The van der Waals surface area contributed by atoms with Crippen molar-refractivity contribution in [1.29, 1.82) is 0 Å². The van der Waals surface area contributed by atoms with Gasteiger partial charge < -0.3 is 14.9 Å². The van der Waals surface area contributed by atoms with Gasteiger partial charge in [0.05, 0.1) is 6.61 Å². The molecular formula is C14H24N4O. The lowest BCUT2D eigenvalue weighted by molar-refractivity contribution is 0.229. The number of aliphatic hydroxyl groups excluding tert-OH is 1. The lowest BCUT2D eigenvalue weighted by atomic mass is 10.2. The van der Waals surface area contributed by atoms with Gasteiger partial charge in [0.25, 0.3) is 0 Å². The standard InChI is InChI=1S/C14H24N4O/c1-16(2)5-6-17-7-9-18(10-8-17)14-3-4-15-11-13(14)12-19/h3-4,11,19H,5-10,12H2,1-2H3. The lowest BCUT2D eigenvalue weighted by Gasteiger charge is -2.37. The number of hydrogen-bond donors (Lipinski definition) is 1. The largest absolute Gasteiger partial charge is 0.392 e. The third-order valence-corrected chi connectivity index (χ3v) is 3.62. The maximum Gasteiger partial charge on any atom is 0.0717 e. The molecular weight excluding hydrogens is 240 g/mol. The number of aromatic nitrogens is 1. The molecule has 2 heterocycles. The van der Waals surface area contributed by atoms with Crippen LogP contribution >= 0.6 is 0 Å². The number of nitrogens with zero attached hydrogens (tertiary/aromatic N) is 4. The fraction of sp³-hybridized carbons (Fsp3) is 0.643. The van der Waals surface area contributed by atoms with E-state index < -0.39 is 0 Å². The molecule has 5 heteroatoms. The molecule has 0 unspecified atom stereocenters. The van der Waals surface area contributed by atoms with Crippen molar-refractivity contribution in [3.05, 3.63) is 24.0 Å². The van der Waals surface area contributed by atoms with Gasteiger partial charge in [0, 0.05) is 62.9 Å². The average molecular weight is 264 g/mol. The first kappa shape index (κ1) is 14.2. The fourth-order valence-corrected chi connectivity index (χ4v) is 2.40. The lowest BCUT2D eigenvalue weighted by Crippen LogP contribution is -2.48. The van der Waals surface area contributed by atoms with E-state index in [1.165, 1.54) is 0 Å². The first-order valence-electron chi connectivity index (χ1n) is 6.86. The Morgan fingerprint density at radius 1 is 1.26 bits per heavy atom. The van der Waals surface area contributed by atoms with E-state index in [0.29, 0.717) is 0 Å². The summed E-state index contributed by atoms with van der Waals surface area (Å²) in [5, 5.41) is 9.36. The van der Waals surface area contributed by atoms with Crippen molar-refractivity contribution in [2.75, 3.05) is 58.3 Å². The highest BCUT2D eigenvalue weighted by Crippen LogP contribution is 2.20. The van der Waals surface area contributed by atoms with Gasteiger partial charge in [-0.1, -0.05) is 0 Å². The minimum absolute atomic E-state index is 0.0595. The van der Waals surface area contributed by atoms with Crippen LogP contribution in [0.2, 0.25) is 0 Å². The van der Waals surface area contributed by atoms with Crippen molar-refractivity contribution >= 4 is 5.69 Å². The predicted octanol–water partition coefficient (Wildman–Crippen LogP) is 0.257. The van der Waals surface area contributed by atoms with Crippen LogP contribution in [0.3, 0.4) is 0 Å². The Balaban J connectivity index is 1.89. The second-order valence-electron chi connectivity index (χ2n) is 5.29. The van der Waals surface area contributed by atoms with E-state index in [1.54, 1.807) is 12.4 Å². The van der Waals surface area contributed by atoms with Crippen molar-refractivity contribution < 1.29 is 5.11 Å². The normalized spacial score (nSPS) is 17.2.